The molecule has 2 heteroatoms. The van der Waals surface area contributed by atoms with Crippen molar-refractivity contribution in [3.8, 4) is 0 Å². The summed E-state index contributed by atoms with van der Waals surface area (Å²) in [6, 6.07) is 8.95. The number of fused-ring (bicyclic) bond motifs is 1. The van der Waals surface area contributed by atoms with Crippen LogP contribution in [0.1, 0.15) is 11.1 Å². The van der Waals surface area contributed by atoms with E-state index in [1.807, 2.05) is 0 Å². The Morgan fingerprint density at radius 2 is 1.87 bits per heavy atom. The van der Waals surface area contributed by atoms with Crippen LogP contribution in [-0.2, 0) is 12.8 Å². The molecule has 1 aliphatic carbocycles. The predicted molar refractivity (Wildman–Crippen MR) is 66.5 cm³/mol. The van der Waals surface area contributed by atoms with Crippen molar-refractivity contribution in [3.63, 3.8) is 0 Å². The highest BCUT2D eigenvalue weighted by Gasteiger charge is 2.29. The largest absolute Gasteiger partial charge is 0.315 e. The summed E-state index contributed by atoms with van der Waals surface area (Å²) >= 11 is 2.17. The SMILES string of the molecule is c1ccc2c(c1)CC(C1CNCCS1)C2. The summed E-state index contributed by atoms with van der Waals surface area (Å²) in [5.74, 6) is 2.16. The smallest absolute Gasteiger partial charge is 0.0207 e. The van der Waals surface area contributed by atoms with Crippen LogP contribution in [0, 0.1) is 5.92 Å². The summed E-state index contributed by atoms with van der Waals surface area (Å²) in [7, 11) is 0. The Labute approximate surface area is 95.6 Å². The molecule has 1 aromatic rings. The number of nitrogens with one attached hydrogen (secondary N) is 1. The zero-order chi connectivity index (χ0) is 10.1. The first kappa shape index (κ1) is 9.73. The van der Waals surface area contributed by atoms with Crippen LogP contribution in [0.25, 0.3) is 0 Å². The van der Waals surface area contributed by atoms with E-state index < -0.39 is 0 Å². The molecule has 1 fully saturated rings. The summed E-state index contributed by atoms with van der Waals surface area (Å²) in [5.41, 5.74) is 3.18. The number of hydrogen-bond acceptors (Lipinski definition) is 2. The molecule has 3 rings (SSSR count). The van der Waals surface area contributed by atoms with Crippen LogP contribution >= 0.6 is 11.8 Å². The maximum atomic E-state index is 3.52. The number of hydrogen-bond donors (Lipinski definition) is 1. The van der Waals surface area contributed by atoms with Gasteiger partial charge in [0.1, 0.15) is 0 Å². The van der Waals surface area contributed by atoms with Crippen LogP contribution in [-0.4, -0.2) is 24.1 Å². The van der Waals surface area contributed by atoms with Gasteiger partial charge in [0.05, 0.1) is 0 Å². The molecule has 1 aliphatic heterocycles. The second kappa shape index (κ2) is 4.18. The van der Waals surface area contributed by atoms with Gasteiger partial charge in [0, 0.05) is 24.1 Å². The van der Waals surface area contributed by atoms with Gasteiger partial charge < -0.3 is 5.32 Å². The second-order valence-electron chi connectivity index (χ2n) is 4.55. The van der Waals surface area contributed by atoms with Crippen LogP contribution in [0.5, 0.6) is 0 Å². The molecule has 0 spiro atoms. The average molecular weight is 219 g/mol. The number of thioether (sulfide) groups is 1. The molecule has 0 saturated carbocycles. The van der Waals surface area contributed by atoms with Crippen molar-refractivity contribution in [2.75, 3.05) is 18.8 Å². The Morgan fingerprint density at radius 3 is 2.47 bits per heavy atom. The molecular weight excluding hydrogens is 202 g/mol. The molecule has 1 saturated heterocycles. The Hall–Kier alpha value is -0.470. The molecule has 1 atom stereocenters. The lowest BCUT2D eigenvalue weighted by Gasteiger charge is -2.27. The number of benzene rings is 1. The Morgan fingerprint density at radius 1 is 1.13 bits per heavy atom. The molecule has 0 radical (unpaired) electrons. The van der Waals surface area contributed by atoms with Gasteiger partial charge >= 0.3 is 0 Å². The van der Waals surface area contributed by atoms with Gasteiger partial charge in [-0.3, -0.25) is 0 Å². The van der Waals surface area contributed by atoms with Gasteiger partial charge in [-0.2, -0.15) is 11.8 Å². The fourth-order valence-corrected chi connectivity index (χ4v) is 4.01. The second-order valence-corrected chi connectivity index (χ2v) is 5.90. The van der Waals surface area contributed by atoms with Gasteiger partial charge in [-0.15, -0.1) is 0 Å². The van der Waals surface area contributed by atoms with Crippen molar-refractivity contribution >= 4 is 11.8 Å². The first-order valence-corrected chi connectivity index (χ1v) is 6.87. The fourth-order valence-electron chi connectivity index (χ4n) is 2.74. The lowest BCUT2D eigenvalue weighted by Crippen LogP contribution is -2.37. The van der Waals surface area contributed by atoms with Crippen molar-refractivity contribution in [1.82, 2.24) is 5.32 Å². The van der Waals surface area contributed by atoms with Crippen molar-refractivity contribution in [2.24, 2.45) is 5.92 Å². The summed E-state index contributed by atoms with van der Waals surface area (Å²) in [6.45, 7) is 2.41. The maximum Gasteiger partial charge on any atom is 0.0207 e. The van der Waals surface area contributed by atoms with E-state index in [1.54, 1.807) is 11.1 Å². The average Bonchev–Trinajstić information content (AvgIpc) is 2.74. The molecule has 1 aromatic carbocycles. The van der Waals surface area contributed by atoms with Gasteiger partial charge in [-0.05, 0) is 29.9 Å². The zero-order valence-corrected chi connectivity index (χ0v) is 9.72. The minimum atomic E-state index is 0.839. The zero-order valence-electron chi connectivity index (χ0n) is 8.91. The summed E-state index contributed by atoms with van der Waals surface area (Å²) in [5, 5.41) is 4.36. The molecule has 80 valence electrons. The van der Waals surface area contributed by atoms with Crippen LogP contribution < -0.4 is 5.32 Å². The van der Waals surface area contributed by atoms with E-state index in [1.165, 1.54) is 31.7 Å². The molecule has 0 aromatic heterocycles. The van der Waals surface area contributed by atoms with E-state index >= 15 is 0 Å². The van der Waals surface area contributed by atoms with E-state index in [9.17, 15) is 0 Å². The third kappa shape index (κ3) is 1.93. The maximum absolute atomic E-state index is 3.52. The molecule has 2 aliphatic rings. The standard InChI is InChI=1S/C13H17NS/c1-2-4-11-8-12(7-10(11)3-1)13-9-14-5-6-15-13/h1-4,12-14H,5-9H2. The first-order chi connectivity index (χ1) is 7.43. The van der Waals surface area contributed by atoms with Crippen LogP contribution in [0.15, 0.2) is 24.3 Å². The summed E-state index contributed by atoms with van der Waals surface area (Å²) < 4.78 is 0. The lowest BCUT2D eigenvalue weighted by atomic mass is 10.0. The fraction of sp³-hybridized carbons (Fsp3) is 0.538. The van der Waals surface area contributed by atoms with Crippen molar-refractivity contribution < 1.29 is 0 Å². The monoisotopic (exact) mass is 219 g/mol. The molecule has 0 bridgehead atoms. The van der Waals surface area contributed by atoms with E-state index in [0.29, 0.717) is 0 Å². The van der Waals surface area contributed by atoms with Crippen molar-refractivity contribution in [1.29, 1.82) is 0 Å². The van der Waals surface area contributed by atoms with Crippen molar-refractivity contribution in [3.05, 3.63) is 35.4 Å². The topological polar surface area (TPSA) is 12.0 Å². The highest BCUT2D eigenvalue weighted by Crippen LogP contribution is 2.34. The third-order valence-electron chi connectivity index (χ3n) is 3.56. The van der Waals surface area contributed by atoms with Gasteiger partial charge in [-0.1, -0.05) is 24.3 Å². The lowest BCUT2D eigenvalue weighted by molar-refractivity contribution is 0.496. The quantitative estimate of drug-likeness (QED) is 0.776. The van der Waals surface area contributed by atoms with E-state index in [4.69, 9.17) is 0 Å². The molecular formula is C13H17NS. The number of rotatable bonds is 1. The van der Waals surface area contributed by atoms with Gasteiger partial charge in [0.15, 0.2) is 0 Å². The van der Waals surface area contributed by atoms with Gasteiger partial charge in [0.25, 0.3) is 0 Å². The molecule has 1 heterocycles. The van der Waals surface area contributed by atoms with Crippen LogP contribution in [0.2, 0.25) is 0 Å². The Kier molecular flexibility index (Phi) is 2.72. The molecule has 1 N–H and O–H groups in total. The molecule has 15 heavy (non-hydrogen) atoms. The normalized spacial score (nSPS) is 26.5. The van der Waals surface area contributed by atoms with E-state index in [-0.39, 0.29) is 0 Å². The predicted octanol–water partition coefficient (Wildman–Crippen LogP) is 2.11. The Bertz CT molecular complexity index is 319. The van der Waals surface area contributed by atoms with Gasteiger partial charge in [0.2, 0.25) is 0 Å². The minimum Gasteiger partial charge on any atom is -0.315 e. The highest BCUT2D eigenvalue weighted by atomic mass is 32.2. The van der Waals surface area contributed by atoms with Crippen LogP contribution in [0.3, 0.4) is 0 Å². The van der Waals surface area contributed by atoms with E-state index in [0.717, 1.165) is 11.2 Å². The van der Waals surface area contributed by atoms with Gasteiger partial charge in [-0.25, -0.2) is 0 Å². The summed E-state index contributed by atoms with van der Waals surface area (Å²) in [6.07, 6.45) is 2.60. The summed E-state index contributed by atoms with van der Waals surface area (Å²) in [4.78, 5) is 0. The molecule has 1 unspecified atom stereocenters. The first-order valence-electron chi connectivity index (χ1n) is 5.82. The molecule has 1 nitrogen and oxygen atoms in total. The molecule has 0 amide bonds. The van der Waals surface area contributed by atoms with Crippen molar-refractivity contribution in [2.45, 2.75) is 18.1 Å². The van der Waals surface area contributed by atoms with Crippen LogP contribution in [0.4, 0.5) is 0 Å². The third-order valence-corrected chi connectivity index (χ3v) is 4.98. The highest BCUT2D eigenvalue weighted by molar-refractivity contribution is 8.00. The minimum absolute atomic E-state index is 0.839. The Balaban J connectivity index is 1.72. The van der Waals surface area contributed by atoms with E-state index in [2.05, 4.69) is 41.3 Å².